The molecule has 1 heterocycles. The molecule has 0 radical (unpaired) electrons. The monoisotopic (exact) mass is 383 g/mol. The van der Waals surface area contributed by atoms with Crippen molar-refractivity contribution in [3.63, 3.8) is 0 Å². The van der Waals surface area contributed by atoms with Crippen LogP contribution >= 0.6 is 0 Å². The molecule has 0 aliphatic rings. The highest BCUT2D eigenvalue weighted by Gasteiger charge is 2.18. The number of carbonyl (C=O) groups excluding carboxylic acids is 1. The third kappa shape index (κ3) is 3.90. The Balaban J connectivity index is 1.74. The van der Waals surface area contributed by atoms with Crippen molar-refractivity contribution in [1.29, 1.82) is 0 Å². The molecule has 1 amide bonds. The van der Waals surface area contributed by atoms with Gasteiger partial charge in [0.05, 0.1) is 27.9 Å². The molecule has 0 fully saturated rings. The predicted octanol–water partition coefficient (Wildman–Crippen LogP) is 3.00. The topological polar surface area (TPSA) is 95.7 Å². The highest BCUT2D eigenvalue weighted by molar-refractivity contribution is 5.95. The van der Waals surface area contributed by atoms with Gasteiger partial charge in [0.1, 0.15) is 0 Å². The number of ether oxygens (including phenoxy) is 3. The van der Waals surface area contributed by atoms with Crippen molar-refractivity contribution in [2.24, 2.45) is 0 Å². The lowest BCUT2D eigenvalue weighted by Crippen LogP contribution is -2.23. The van der Waals surface area contributed by atoms with Crippen LogP contribution in [0.1, 0.15) is 21.8 Å². The lowest BCUT2D eigenvalue weighted by Gasteiger charge is -2.13. The number of methoxy groups -OCH3 is 3. The summed E-state index contributed by atoms with van der Waals surface area (Å²) in [4.78, 5) is 12.5. The van der Waals surface area contributed by atoms with E-state index in [9.17, 15) is 4.79 Å². The molecule has 8 nitrogen and oxygen atoms in total. The standard InChI is InChI=1S/C20H21N3O5/c1-12-7-5-6-8-14(12)20-23-22-17(28-20)11-21-19(24)13-9-15(25-2)18(27-4)16(10-13)26-3/h5-10H,11H2,1-4H3,(H,21,24). The Morgan fingerprint density at radius 1 is 1.04 bits per heavy atom. The summed E-state index contributed by atoms with van der Waals surface area (Å²) in [5.74, 6) is 1.59. The first-order chi connectivity index (χ1) is 13.6. The van der Waals surface area contributed by atoms with E-state index in [0.717, 1.165) is 11.1 Å². The number of hydrogen-bond acceptors (Lipinski definition) is 7. The van der Waals surface area contributed by atoms with Gasteiger partial charge in [0, 0.05) is 11.1 Å². The molecule has 1 aromatic heterocycles. The third-order valence-electron chi connectivity index (χ3n) is 4.17. The van der Waals surface area contributed by atoms with Crippen molar-refractivity contribution in [3.05, 3.63) is 53.4 Å². The van der Waals surface area contributed by atoms with Crippen LogP contribution in [-0.2, 0) is 6.54 Å². The fraction of sp³-hybridized carbons (Fsp3) is 0.250. The van der Waals surface area contributed by atoms with Crippen LogP contribution in [0.25, 0.3) is 11.5 Å². The summed E-state index contributed by atoms with van der Waals surface area (Å²) in [6.45, 7) is 2.06. The van der Waals surface area contributed by atoms with Crippen LogP contribution < -0.4 is 19.5 Å². The van der Waals surface area contributed by atoms with Gasteiger partial charge in [-0.05, 0) is 30.7 Å². The van der Waals surface area contributed by atoms with Crippen LogP contribution in [0.15, 0.2) is 40.8 Å². The number of hydrogen-bond donors (Lipinski definition) is 1. The van der Waals surface area contributed by atoms with Crippen LogP contribution in [0.3, 0.4) is 0 Å². The Labute approximate surface area is 162 Å². The first-order valence-electron chi connectivity index (χ1n) is 8.54. The molecule has 0 unspecified atom stereocenters. The smallest absolute Gasteiger partial charge is 0.251 e. The SMILES string of the molecule is COc1cc(C(=O)NCc2nnc(-c3ccccc3C)o2)cc(OC)c1OC. The minimum Gasteiger partial charge on any atom is -0.493 e. The number of carbonyl (C=O) groups is 1. The van der Waals surface area contributed by atoms with Gasteiger partial charge in [0.2, 0.25) is 17.5 Å². The lowest BCUT2D eigenvalue weighted by atomic mass is 10.1. The van der Waals surface area contributed by atoms with Crippen molar-refractivity contribution in [2.45, 2.75) is 13.5 Å². The number of nitrogens with zero attached hydrogens (tertiary/aromatic N) is 2. The summed E-state index contributed by atoms with van der Waals surface area (Å²) in [6.07, 6.45) is 0. The van der Waals surface area contributed by atoms with Crippen molar-refractivity contribution in [1.82, 2.24) is 15.5 Å². The second kappa shape index (κ2) is 8.43. The zero-order valence-corrected chi connectivity index (χ0v) is 16.1. The van der Waals surface area contributed by atoms with E-state index in [1.54, 1.807) is 12.1 Å². The second-order valence-corrected chi connectivity index (χ2v) is 5.91. The average Bonchev–Trinajstić information content (AvgIpc) is 3.19. The zero-order chi connectivity index (χ0) is 20.1. The molecule has 28 heavy (non-hydrogen) atoms. The van der Waals surface area contributed by atoms with Gasteiger partial charge in [0.25, 0.3) is 5.91 Å². The summed E-state index contributed by atoms with van der Waals surface area (Å²) in [7, 11) is 4.48. The number of amides is 1. The van der Waals surface area contributed by atoms with Crippen LogP contribution in [0, 0.1) is 6.92 Å². The van der Waals surface area contributed by atoms with Crippen molar-refractivity contribution in [3.8, 4) is 28.7 Å². The molecule has 0 saturated heterocycles. The molecule has 0 aliphatic heterocycles. The Hall–Kier alpha value is -3.55. The van der Waals surface area contributed by atoms with E-state index in [1.165, 1.54) is 21.3 Å². The lowest BCUT2D eigenvalue weighted by molar-refractivity contribution is 0.0946. The van der Waals surface area contributed by atoms with Crippen LogP contribution in [0.4, 0.5) is 0 Å². The Bertz CT molecular complexity index is 958. The van der Waals surface area contributed by atoms with Crippen LogP contribution in [-0.4, -0.2) is 37.4 Å². The normalized spacial score (nSPS) is 10.4. The van der Waals surface area contributed by atoms with Gasteiger partial charge in [-0.2, -0.15) is 0 Å². The highest BCUT2D eigenvalue weighted by atomic mass is 16.5. The second-order valence-electron chi connectivity index (χ2n) is 5.91. The molecule has 0 bridgehead atoms. The van der Waals surface area contributed by atoms with Crippen molar-refractivity contribution in [2.75, 3.05) is 21.3 Å². The van der Waals surface area contributed by atoms with Gasteiger partial charge in [0.15, 0.2) is 11.5 Å². The molecule has 8 heteroatoms. The summed E-state index contributed by atoms with van der Waals surface area (Å²) in [5.41, 5.74) is 2.24. The minimum atomic E-state index is -0.338. The fourth-order valence-electron chi connectivity index (χ4n) is 2.72. The number of aryl methyl sites for hydroxylation is 1. The van der Waals surface area contributed by atoms with E-state index in [0.29, 0.717) is 34.6 Å². The first kappa shape index (κ1) is 19.2. The number of rotatable bonds is 7. The van der Waals surface area contributed by atoms with Gasteiger partial charge in [-0.25, -0.2) is 0 Å². The van der Waals surface area contributed by atoms with Gasteiger partial charge in [-0.15, -0.1) is 10.2 Å². The molecule has 146 valence electrons. The quantitative estimate of drug-likeness (QED) is 0.670. The Morgan fingerprint density at radius 2 is 1.71 bits per heavy atom. The van der Waals surface area contributed by atoms with Gasteiger partial charge in [-0.3, -0.25) is 4.79 Å². The largest absolute Gasteiger partial charge is 0.493 e. The number of aromatic nitrogens is 2. The molecule has 0 saturated carbocycles. The third-order valence-corrected chi connectivity index (χ3v) is 4.17. The van der Waals surface area contributed by atoms with E-state index in [1.807, 2.05) is 31.2 Å². The van der Waals surface area contributed by atoms with Crippen LogP contribution in [0.2, 0.25) is 0 Å². The maximum atomic E-state index is 12.5. The molecule has 0 atom stereocenters. The predicted molar refractivity (Wildman–Crippen MR) is 102 cm³/mol. The van der Waals surface area contributed by atoms with E-state index in [2.05, 4.69) is 15.5 Å². The van der Waals surface area contributed by atoms with Crippen LogP contribution in [0.5, 0.6) is 17.2 Å². The van der Waals surface area contributed by atoms with Crippen molar-refractivity contribution >= 4 is 5.91 Å². The van der Waals surface area contributed by atoms with Gasteiger partial charge in [-0.1, -0.05) is 18.2 Å². The van der Waals surface area contributed by atoms with E-state index >= 15 is 0 Å². The molecule has 0 aliphatic carbocycles. The van der Waals surface area contributed by atoms with Crippen molar-refractivity contribution < 1.29 is 23.4 Å². The summed E-state index contributed by atoms with van der Waals surface area (Å²) in [5, 5.41) is 10.8. The summed E-state index contributed by atoms with van der Waals surface area (Å²) < 4.78 is 21.5. The minimum absolute atomic E-state index is 0.0916. The van der Waals surface area contributed by atoms with E-state index in [-0.39, 0.29) is 12.5 Å². The Kier molecular flexibility index (Phi) is 5.78. The molecular formula is C20H21N3O5. The van der Waals surface area contributed by atoms with E-state index in [4.69, 9.17) is 18.6 Å². The first-order valence-corrected chi connectivity index (χ1v) is 8.54. The highest BCUT2D eigenvalue weighted by Crippen LogP contribution is 2.38. The van der Waals surface area contributed by atoms with E-state index < -0.39 is 0 Å². The molecular weight excluding hydrogens is 362 g/mol. The fourth-order valence-corrected chi connectivity index (χ4v) is 2.72. The molecule has 0 spiro atoms. The Morgan fingerprint density at radius 3 is 2.32 bits per heavy atom. The maximum absolute atomic E-state index is 12.5. The molecule has 1 N–H and O–H groups in total. The summed E-state index contributed by atoms with van der Waals surface area (Å²) >= 11 is 0. The zero-order valence-electron chi connectivity index (χ0n) is 16.1. The summed E-state index contributed by atoms with van der Waals surface area (Å²) in [6, 6.07) is 10.9. The molecule has 3 aromatic rings. The van der Waals surface area contributed by atoms with Gasteiger partial charge >= 0.3 is 0 Å². The molecule has 2 aromatic carbocycles. The molecule has 3 rings (SSSR count). The maximum Gasteiger partial charge on any atom is 0.251 e. The van der Waals surface area contributed by atoms with Gasteiger partial charge < -0.3 is 23.9 Å². The number of nitrogens with one attached hydrogen (secondary N) is 1. The number of benzene rings is 2. The average molecular weight is 383 g/mol.